The third-order valence-corrected chi connectivity index (χ3v) is 13.0. The maximum absolute atomic E-state index is 13.3. The summed E-state index contributed by atoms with van der Waals surface area (Å²) in [4.78, 5) is 58.9. The first-order valence-electron chi connectivity index (χ1n) is 21.4. The van der Waals surface area contributed by atoms with Gasteiger partial charge in [0.05, 0.1) is 17.7 Å². The third kappa shape index (κ3) is 8.52. The molecule has 12 nitrogen and oxygen atoms in total. The normalized spacial score (nSPS) is 19.4. The van der Waals surface area contributed by atoms with E-state index in [1.54, 1.807) is 12.1 Å². The van der Waals surface area contributed by atoms with Crippen molar-refractivity contribution >= 4 is 35.0 Å². The number of hydrogen-bond acceptors (Lipinski definition) is 9. The summed E-state index contributed by atoms with van der Waals surface area (Å²) < 4.78 is 8.61. The van der Waals surface area contributed by atoms with Gasteiger partial charge < -0.3 is 24.8 Å². The second-order valence-electron chi connectivity index (χ2n) is 16.7. The fourth-order valence-electron chi connectivity index (χ4n) is 9.61. The molecule has 0 bridgehead atoms. The number of rotatable bonds is 13. The van der Waals surface area contributed by atoms with Gasteiger partial charge in [-0.3, -0.25) is 34.3 Å². The molecule has 0 saturated carbocycles. The molecule has 3 fully saturated rings. The van der Waals surface area contributed by atoms with E-state index in [-0.39, 0.29) is 18.7 Å². The number of piperazine rings is 1. The first-order chi connectivity index (χ1) is 28.6. The monoisotopic (exact) mass is 799 g/mol. The Labute approximate surface area is 347 Å². The van der Waals surface area contributed by atoms with Crippen LogP contribution in [0.3, 0.4) is 0 Å². The van der Waals surface area contributed by atoms with E-state index in [0.717, 1.165) is 93.8 Å². The van der Waals surface area contributed by atoms with E-state index in [1.807, 2.05) is 18.2 Å². The summed E-state index contributed by atoms with van der Waals surface area (Å²) in [5.41, 5.74) is 16.1. The van der Waals surface area contributed by atoms with Crippen LogP contribution in [0, 0.1) is 19.8 Å². The number of carbonyl (C=O) groups is 4. The van der Waals surface area contributed by atoms with Crippen molar-refractivity contribution in [2.45, 2.75) is 71.9 Å². The van der Waals surface area contributed by atoms with Crippen molar-refractivity contribution in [1.82, 2.24) is 24.6 Å². The second-order valence-corrected chi connectivity index (χ2v) is 16.7. The van der Waals surface area contributed by atoms with Crippen LogP contribution >= 0.6 is 0 Å². The van der Waals surface area contributed by atoms with E-state index in [4.69, 9.17) is 10.5 Å². The van der Waals surface area contributed by atoms with E-state index in [0.29, 0.717) is 23.7 Å². The summed E-state index contributed by atoms with van der Waals surface area (Å²) in [5, 5.41) is 2.26. The number of amides is 4. The molecule has 5 heterocycles. The van der Waals surface area contributed by atoms with Gasteiger partial charge in [0.15, 0.2) is 0 Å². The number of aromatic nitrogens is 1. The summed E-state index contributed by atoms with van der Waals surface area (Å²) in [6, 6.07) is 21.2. The topological polar surface area (TPSA) is 133 Å². The van der Waals surface area contributed by atoms with E-state index >= 15 is 0 Å². The number of benzene rings is 3. The van der Waals surface area contributed by atoms with E-state index in [9.17, 15) is 19.2 Å². The van der Waals surface area contributed by atoms with Gasteiger partial charge in [0.1, 0.15) is 11.8 Å². The Morgan fingerprint density at radius 3 is 2.19 bits per heavy atom. The number of anilines is 2. The number of piperidine rings is 2. The number of fused-ring (bicyclic) bond motifs is 1. The largest absolute Gasteiger partial charge is 0.494 e. The summed E-state index contributed by atoms with van der Waals surface area (Å²) in [5.74, 6) is -0.298. The Bertz CT molecular complexity index is 2200. The molecule has 4 amide bonds. The zero-order valence-electron chi connectivity index (χ0n) is 34.7. The number of nitrogens with two attached hydrogens (primary N) is 1. The number of nitrogens with zero attached hydrogens (tertiary/aromatic N) is 5. The lowest BCUT2D eigenvalue weighted by Gasteiger charge is -2.39. The quantitative estimate of drug-likeness (QED) is 0.0998. The van der Waals surface area contributed by atoms with Crippen LogP contribution in [-0.2, 0) is 22.6 Å². The number of nitrogens with one attached hydrogen (secondary N) is 1. The van der Waals surface area contributed by atoms with Crippen molar-refractivity contribution in [1.29, 1.82) is 0 Å². The maximum atomic E-state index is 13.3. The molecule has 1 unspecified atom stereocenters. The molecule has 12 heteroatoms. The third-order valence-electron chi connectivity index (χ3n) is 13.0. The molecular weight excluding hydrogens is 743 g/mol. The Morgan fingerprint density at radius 1 is 0.780 bits per heavy atom. The van der Waals surface area contributed by atoms with E-state index in [2.05, 4.69) is 81.8 Å². The molecule has 1 aromatic heterocycles. The number of carbonyl (C=O) groups excluding carboxylic acids is 4. The Kier molecular flexibility index (Phi) is 11.9. The molecule has 3 saturated heterocycles. The van der Waals surface area contributed by atoms with Crippen LogP contribution < -0.4 is 20.7 Å². The van der Waals surface area contributed by atoms with Gasteiger partial charge in [0.25, 0.3) is 11.8 Å². The predicted octanol–water partition coefficient (Wildman–Crippen LogP) is 5.67. The van der Waals surface area contributed by atoms with Crippen molar-refractivity contribution in [2.24, 2.45) is 5.92 Å². The van der Waals surface area contributed by atoms with Gasteiger partial charge in [-0.25, -0.2) is 0 Å². The van der Waals surface area contributed by atoms with Gasteiger partial charge in [-0.2, -0.15) is 0 Å². The highest BCUT2D eigenvalue weighted by atomic mass is 16.5. The zero-order valence-corrected chi connectivity index (χ0v) is 34.7. The second kappa shape index (κ2) is 17.4. The lowest BCUT2D eigenvalue weighted by molar-refractivity contribution is -0.136. The molecular formula is C47H57N7O5. The molecule has 0 spiro atoms. The van der Waals surface area contributed by atoms with Crippen LogP contribution in [0.15, 0.2) is 66.7 Å². The smallest absolute Gasteiger partial charge is 0.262 e. The van der Waals surface area contributed by atoms with Crippen LogP contribution in [0.5, 0.6) is 5.75 Å². The molecule has 0 aliphatic carbocycles. The molecule has 310 valence electrons. The molecule has 3 aromatic carbocycles. The SMILES string of the molecule is CCc1c(-c2ccc(N)cc2)c(C)n(Cc2ccc(OCCCN3CCC(CN4CCN(c5ccc6c(c5)C(=O)N(C5CCC(=O)NC5=O)C6=O)CC4)CC3)cc2)c1C. The van der Waals surface area contributed by atoms with Gasteiger partial charge >= 0.3 is 0 Å². The molecule has 8 rings (SSSR count). The van der Waals surface area contributed by atoms with Gasteiger partial charge in [-0.05, 0) is 124 Å². The number of imide groups is 2. The average Bonchev–Trinajstić information content (AvgIpc) is 3.63. The minimum atomic E-state index is -0.954. The van der Waals surface area contributed by atoms with Gasteiger partial charge in [-0.15, -0.1) is 0 Å². The lowest BCUT2D eigenvalue weighted by Crippen LogP contribution is -2.54. The molecule has 3 N–H and O–H groups in total. The fraction of sp³-hybridized carbons (Fsp3) is 0.447. The van der Waals surface area contributed by atoms with Crippen LogP contribution in [0.25, 0.3) is 11.1 Å². The van der Waals surface area contributed by atoms with Crippen LogP contribution in [-0.4, -0.2) is 108 Å². The summed E-state index contributed by atoms with van der Waals surface area (Å²) in [6.45, 7) is 16.2. The highest BCUT2D eigenvalue weighted by Gasteiger charge is 2.45. The summed E-state index contributed by atoms with van der Waals surface area (Å²) in [6.07, 6.45) is 4.65. The molecule has 59 heavy (non-hydrogen) atoms. The van der Waals surface area contributed by atoms with Crippen molar-refractivity contribution in [3.05, 3.63) is 100 Å². The average molecular weight is 800 g/mol. The summed E-state index contributed by atoms with van der Waals surface area (Å²) in [7, 11) is 0. The van der Waals surface area contributed by atoms with E-state index < -0.39 is 23.8 Å². The first-order valence-corrected chi connectivity index (χ1v) is 21.4. The minimum absolute atomic E-state index is 0.107. The van der Waals surface area contributed by atoms with E-state index in [1.165, 1.54) is 46.5 Å². The standard InChI is InChI=1S/C47H57N7O5/c1-4-39-31(2)53(32(3)44(39)35-8-10-36(48)11-9-35)30-33-6-13-38(14-7-33)59-27-5-20-50-21-18-34(19-22-50)29-51-23-25-52(26-24-51)37-12-15-40-41(28-37)47(58)54(46(40)57)42-16-17-43(55)49-45(42)56/h6-15,28,34,42H,4-5,16-27,29-30,48H2,1-3H3,(H,49,55,56). The van der Waals surface area contributed by atoms with Gasteiger partial charge in [-0.1, -0.05) is 31.2 Å². The van der Waals surface area contributed by atoms with Crippen LogP contribution in [0.4, 0.5) is 11.4 Å². The first kappa shape index (κ1) is 40.3. The highest BCUT2D eigenvalue weighted by molar-refractivity contribution is 6.23. The number of ether oxygens (including phenoxy) is 1. The minimum Gasteiger partial charge on any atom is -0.494 e. The maximum Gasteiger partial charge on any atom is 0.262 e. The number of likely N-dealkylation sites (tertiary alicyclic amines) is 1. The molecule has 1 atom stereocenters. The van der Waals surface area contributed by atoms with Crippen molar-refractivity contribution in [2.75, 3.05) is 69.6 Å². The Morgan fingerprint density at radius 2 is 1.49 bits per heavy atom. The molecule has 0 radical (unpaired) electrons. The van der Waals surface area contributed by atoms with Crippen molar-refractivity contribution in [3.8, 4) is 16.9 Å². The molecule has 4 aliphatic heterocycles. The highest BCUT2D eigenvalue weighted by Crippen LogP contribution is 2.35. The number of hydrogen-bond donors (Lipinski definition) is 2. The zero-order chi connectivity index (χ0) is 41.2. The van der Waals surface area contributed by atoms with Crippen molar-refractivity contribution in [3.63, 3.8) is 0 Å². The Balaban J connectivity index is 0.739. The van der Waals surface area contributed by atoms with Crippen molar-refractivity contribution < 1.29 is 23.9 Å². The predicted molar refractivity (Wildman–Crippen MR) is 230 cm³/mol. The Hall–Kier alpha value is -5.46. The van der Waals surface area contributed by atoms with Gasteiger partial charge in [0.2, 0.25) is 11.8 Å². The lowest BCUT2D eigenvalue weighted by atomic mass is 9.95. The number of nitrogen functional groups attached to an aromatic ring is 1. The molecule has 4 aliphatic rings. The molecule has 4 aromatic rings. The van der Waals surface area contributed by atoms with Crippen LogP contribution in [0.2, 0.25) is 0 Å². The summed E-state index contributed by atoms with van der Waals surface area (Å²) >= 11 is 0. The fourth-order valence-corrected chi connectivity index (χ4v) is 9.61. The van der Waals surface area contributed by atoms with Gasteiger partial charge in [0, 0.05) is 80.6 Å². The van der Waals surface area contributed by atoms with Crippen LogP contribution in [0.1, 0.15) is 82.3 Å².